The molecule has 3 atom stereocenters. The first kappa shape index (κ1) is 21.0. The summed E-state index contributed by atoms with van der Waals surface area (Å²) in [7, 11) is 0. The second-order valence-corrected chi connectivity index (χ2v) is 6.90. The average molecular weight is 406 g/mol. The predicted octanol–water partition coefficient (Wildman–Crippen LogP) is -2.30. The fraction of sp³-hybridized carbons (Fsp3) is 0.444. The molecule has 5 N–H and O–H groups in total. The summed E-state index contributed by atoms with van der Waals surface area (Å²) in [5, 5.41) is 48.3. The van der Waals surface area contributed by atoms with Crippen molar-refractivity contribution in [1.82, 2.24) is 19.1 Å². The highest BCUT2D eigenvalue weighted by Crippen LogP contribution is 2.24. The molecule has 0 radical (unpaired) electrons. The van der Waals surface area contributed by atoms with Crippen molar-refractivity contribution in [1.29, 1.82) is 0 Å². The van der Waals surface area contributed by atoms with Gasteiger partial charge in [-0.15, -0.1) is 0 Å². The Kier molecular flexibility index (Phi) is 5.78. The average Bonchev–Trinajstić information content (AvgIpc) is 2.69. The van der Waals surface area contributed by atoms with Crippen LogP contribution in [0.4, 0.5) is 0 Å². The number of aliphatic hydroxyl groups is 5. The van der Waals surface area contributed by atoms with Crippen LogP contribution in [0.5, 0.6) is 0 Å². The molecule has 2 aliphatic rings. The summed E-state index contributed by atoms with van der Waals surface area (Å²) in [6, 6.07) is 3.46. The molecular weight excluding hydrogens is 384 g/mol. The molecule has 0 fully saturated rings. The normalized spacial score (nSPS) is 15.0. The molecule has 2 heterocycles. The van der Waals surface area contributed by atoms with Gasteiger partial charge in [0.25, 0.3) is 5.56 Å². The maximum Gasteiger partial charge on any atom is 0.354 e. The standard InChI is InChI=1S/C18H22N4O7/c1-8-3-10-11(4-9(8)2)21(5-12(25)15(27)13(26)6-23)16-14(19-10)17(28)22(7-24)18(29)20-16/h3-4,12-13,15,23-27H,5-7H2,1-2H3. The summed E-state index contributed by atoms with van der Waals surface area (Å²) in [6.07, 6.45) is -4.81. The van der Waals surface area contributed by atoms with Crippen molar-refractivity contribution in [3.05, 3.63) is 44.1 Å². The van der Waals surface area contributed by atoms with Crippen molar-refractivity contribution in [2.45, 2.75) is 45.4 Å². The highest BCUT2D eigenvalue weighted by Gasteiger charge is 2.28. The van der Waals surface area contributed by atoms with E-state index in [4.69, 9.17) is 5.11 Å². The van der Waals surface area contributed by atoms with Crippen molar-refractivity contribution in [3.63, 3.8) is 0 Å². The Bertz CT molecular complexity index is 1140. The van der Waals surface area contributed by atoms with E-state index in [0.717, 1.165) is 11.1 Å². The second kappa shape index (κ2) is 7.97. The molecule has 3 unspecified atom stereocenters. The van der Waals surface area contributed by atoms with E-state index >= 15 is 0 Å². The third kappa shape index (κ3) is 3.66. The van der Waals surface area contributed by atoms with Crippen LogP contribution in [0.2, 0.25) is 0 Å². The number of fused-ring (bicyclic) bond motifs is 2. The molecule has 0 aromatic heterocycles. The van der Waals surface area contributed by atoms with Crippen molar-refractivity contribution in [2.75, 3.05) is 6.61 Å². The van der Waals surface area contributed by atoms with E-state index in [2.05, 4.69) is 9.97 Å². The van der Waals surface area contributed by atoms with E-state index in [1.165, 1.54) is 4.57 Å². The van der Waals surface area contributed by atoms with Gasteiger partial charge in [-0.05, 0) is 37.1 Å². The van der Waals surface area contributed by atoms with Crippen LogP contribution < -0.4 is 11.2 Å². The third-order valence-electron chi connectivity index (χ3n) is 4.95. The van der Waals surface area contributed by atoms with Crippen LogP contribution >= 0.6 is 0 Å². The minimum absolute atomic E-state index is 0.134. The Morgan fingerprint density at radius 3 is 2.24 bits per heavy atom. The lowest BCUT2D eigenvalue weighted by molar-refractivity contribution is -0.0802. The topological polar surface area (TPSA) is 171 Å². The molecule has 11 heteroatoms. The Hall–Kier alpha value is -2.70. The van der Waals surface area contributed by atoms with Gasteiger partial charge in [-0.3, -0.25) is 4.79 Å². The van der Waals surface area contributed by atoms with Crippen LogP contribution in [-0.4, -0.2) is 69.6 Å². The first-order valence-corrected chi connectivity index (χ1v) is 8.87. The van der Waals surface area contributed by atoms with Gasteiger partial charge in [0.2, 0.25) is 0 Å². The molecule has 0 saturated heterocycles. The van der Waals surface area contributed by atoms with Gasteiger partial charge in [-0.25, -0.2) is 14.3 Å². The van der Waals surface area contributed by atoms with Crippen molar-refractivity contribution >= 4 is 11.0 Å². The smallest absolute Gasteiger partial charge is 0.354 e. The zero-order valence-corrected chi connectivity index (χ0v) is 15.8. The van der Waals surface area contributed by atoms with E-state index in [9.17, 15) is 30.0 Å². The predicted molar refractivity (Wildman–Crippen MR) is 101 cm³/mol. The van der Waals surface area contributed by atoms with Crippen LogP contribution in [0.15, 0.2) is 21.7 Å². The number of aromatic nitrogens is 4. The first-order chi connectivity index (χ1) is 13.7. The van der Waals surface area contributed by atoms with Gasteiger partial charge in [0.1, 0.15) is 25.0 Å². The number of aliphatic hydroxyl groups excluding tert-OH is 5. The molecule has 3 rings (SSSR count). The van der Waals surface area contributed by atoms with Crippen molar-refractivity contribution in [3.8, 4) is 11.5 Å². The summed E-state index contributed by atoms with van der Waals surface area (Å²) < 4.78 is 1.87. The fourth-order valence-corrected chi connectivity index (χ4v) is 3.10. The van der Waals surface area contributed by atoms with Gasteiger partial charge in [-0.1, -0.05) is 0 Å². The van der Waals surface area contributed by atoms with Crippen LogP contribution in [0, 0.1) is 13.8 Å². The highest BCUT2D eigenvalue weighted by molar-refractivity contribution is 5.81. The molecule has 29 heavy (non-hydrogen) atoms. The van der Waals surface area contributed by atoms with Crippen LogP contribution in [0.3, 0.4) is 0 Å². The number of hydrogen-bond acceptors (Lipinski definition) is 9. The van der Waals surface area contributed by atoms with Crippen LogP contribution in [0.25, 0.3) is 22.6 Å². The zero-order valence-electron chi connectivity index (χ0n) is 15.8. The molecule has 1 aromatic carbocycles. The molecule has 2 aliphatic heterocycles. The quantitative estimate of drug-likeness (QED) is 0.282. The summed E-state index contributed by atoms with van der Waals surface area (Å²) >= 11 is 0. The monoisotopic (exact) mass is 406 g/mol. The largest absolute Gasteiger partial charge is 0.394 e. The van der Waals surface area contributed by atoms with Gasteiger partial charge >= 0.3 is 5.69 Å². The van der Waals surface area contributed by atoms with Crippen molar-refractivity contribution < 1.29 is 25.5 Å². The molecule has 0 saturated carbocycles. The number of hydrogen-bond donors (Lipinski definition) is 5. The Labute approximate surface area is 164 Å². The molecule has 11 nitrogen and oxygen atoms in total. The maximum atomic E-state index is 12.6. The molecule has 0 spiro atoms. The lowest BCUT2D eigenvalue weighted by Gasteiger charge is -2.25. The zero-order chi connectivity index (χ0) is 21.5. The molecule has 0 aliphatic carbocycles. The number of nitrogens with zero attached hydrogens (tertiary/aromatic N) is 4. The van der Waals surface area contributed by atoms with Gasteiger partial charge < -0.3 is 30.1 Å². The lowest BCUT2D eigenvalue weighted by atomic mass is 10.1. The summed E-state index contributed by atoms with van der Waals surface area (Å²) in [6.45, 7) is 1.73. The SMILES string of the molecule is Cc1cc2nc3c(=O)n(CO)c(=O)nc-3n(CC(O)C(O)C(O)CO)c2cc1C. The number of benzene rings is 1. The van der Waals surface area contributed by atoms with Gasteiger partial charge in [-0.2, -0.15) is 4.98 Å². The Balaban J connectivity index is 2.33. The highest BCUT2D eigenvalue weighted by atomic mass is 16.4. The van der Waals surface area contributed by atoms with Gasteiger partial charge in [0, 0.05) is 0 Å². The van der Waals surface area contributed by atoms with E-state index in [1.54, 1.807) is 12.1 Å². The number of aryl methyl sites for hydroxylation is 2. The summed E-state index contributed by atoms with van der Waals surface area (Å²) in [5.74, 6) is -0.134. The van der Waals surface area contributed by atoms with E-state index in [1.807, 2.05) is 13.8 Å². The third-order valence-corrected chi connectivity index (χ3v) is 4.95. The molecule has 1 aromatic rings. The minimum atomic E-state index is -1.68. The molecule has 0 amide bonds. The summed E-state index contributed by atoms with van der Waals surface area (Å²) in [4.78, 5) is 32.9. The number of rotatable bonds is 6. The van der Waals surface area contributed by atoms with Crippen LogP contribution in [0.1, 0.15) is 11.1 Å². The molecule has 156 valence electrons. The van der Waals surface area contributed by atoms with E-state index in [0.29, 0.717) is 15.6 Å². The first-order valence-electron chi connectivity index (χ1n) is 8.87. The Morgan fingerprint density at radius 2 is 1.62 bits per heavy atom. The van der Waals surface area contributed by atoms with Crippen molar-refractivity contribution in [2.24, 2.45) is 0 Å². The molecular formula is C18H22N4O7. The molecule has 0 bridgehead atoms. The Morgan fingerprint density at radius 1 is 0.966 bits per heavy atom. The van der Waals surface area contributed by atoms with E-state index in [-0.39, 0.29) is 18.1 Å². The van der Waals surface area contributed by atoms with Gasteiger partial charge in [0.15, 0.2) is 11.5 Å². The maximum absolute atomic E-state index is 12.6. The minimum Gasteiger partial charge on any atom is -0.394 e. The van der Waals surface area contributed by atoms with Gasteiger partial charge in [0.05, 0.1) is 24.2 Å². The van der Waals surface area contributed by atoms with E-state index < -0.39 is 42.9 Å². The van der Waals surface area contributed by atoms with Crippen LogP contribution in [-0.2, 0) is 13.3 Å². The summed E-state index contributed by atoms with van der Waals surface area (Å²) in [5.41, 5.74) is 0.562. The second-order valence-electron chi connectivity index (χ2n) is 6.90. The lowest BCUT2D eigenvalue weighted by Crippen LogP contribution is -2.43. The fourth-order valence-electron chi connectivity index (χ4n) is 3.10.